The Morgan fingerprint density at radius 2 is 1.79 bits per heavy atom. The summed E-state index contributed by atoms with van der Waals surface area (Å²) >= 11 is 0. The van der Waals surface area contributed by atoms with Gasteiger partial charge >= 0.3 is 0 Å². The Kier molecular flexibility index (Phi) is 8.17. The number of ether oxygens (including phenoxy) is 3. The quantitative estimate of drug-likeness (QED) is 0.303. The number of carbonyl (C=O) groups is 1. The normalized spacial score (nSPS) is 11.4. The van der Waals surface area contributed by atoms with Crippen LogP contribution in [0.1, 0.15) is 24.2 Å². The molecule has 0 fully saturated rings. The molecule has 0 aliphatic heterocycles. The number of methoxy groups -OCH3 is 2. The van der Waals surface area contributed by atoms with Crippen LogP contribution in [-0.2, 0) is 18.4 Å². The number of aromatic nitrogens is 6. The molecule has 4 aromatic heterocycles. The fourth-order valence-electron chi connectivity index (χ4n) is 3.91. The first-order chi connectivity index (χ1) is 18.4. The molecule has 0 bridgehead atoms. The number of pyridine rings is 2. The number of benzene rings is 1. The summed E-state index contributed by atoms with van der Waals surface area (Å²) in [4.78, 5) is 21.8. The lowest BCUT2D eigenvalue weighted by Crippen LogP contribution is -2.06. The second-order valence-corrected chi connectivity index (χ2v) is 8.33. The number of imidazole rings is 1. The maximum Gasteiger partial charge on any atom is 0.290 e. The summed E-state index contributed by atoms with van der Waals surface area (Å²) in [6, 6.07) is 11.7. The highest BCUT2D eigenvalue weighted by Gasteiger charge is 2.14. The molecule has 0 amide bonds. The Labute approximate surface area is 219 Å². The maximum absolute atomic E-state index is 8.36. The van der Waals surface area contributed by atoms with Gasteiger partial charge in [0, 0.05) is 48.4 Å². The molecule has 1 atom stereocenters. The molecule has 5 rings (SSSR count). The Morgan fingerprint density at radius 1 is 0.974 bits per heavy atom. The van der Waals surface area contributed by atoms with Crippen LogP contribution in [0.3, 0.4) is 0 Å². The third-order valence-corrected chi connectivity index (χ3v) is 5.82. The number of aryl methyl sites for hydroxylation is 1. The van der Waals surface area contributed by atoms with Crippen LogP contribution in [0.2, 0.25) is 0 Å². The third-order valence-electron chi connectivity index (χ3n) is 5.82. The van der Waals surface area contributed by atoms with Crippen LogP contribution >= 0.6 is 0 Å². The molecule has 1 aromatic carbocycles. The Bertz CT molecular complexity index is 1510. The summed E-state index contributed by atoms with van der Waals surface area (Å²) in [5, 5.41) is 11.1. The maximum atomic E-state index is 8.36. The number of rotatable bonds is 8. The highest BCUT2D eigenvalue weighted by molar-refractivity contribution is 5.77. The van der Waals surface area contributed by atoms with Gasteiger partial charge in [-0.2, -0.15) is 5.10 Å². The van der Waals surface area contributed by atoms with Gasteiger partial charge in [0.05, 0.1) is 33.3 Å². The SMILES string of the molecule is COc1ccc(C(C)Oc2ccc(Cn3cnc4cc(-c5cnn(C)c5)cnc43)cc2OC)cn1.O=CO. The average molecular weight is 517 g/mol. The third kappa shape index (κ3) is 5.89. The second kappa shape index (κ2) is 11.9. The number of hydrogen-bond acceptors (Lipinski definition) is 8. The lowest BCUT2D eigenvalue weighted by atomic mass is 10.1. The number of fused-ring (bicyclic) bond motifs is 1. The molecule has 0 saturated carbocycles. The zero-order valence-corrected chi connectivity index (χ0v) is 21.5. The average Bonchev–Trinajstić information content (AvgIpc) is 3.55. The molecule has 1 unspecified atom stereocenters. The summed E-state index contributed by atoms with van der Waals surface area (Å²) in [5.74, 6) is 1.89. The highest BCUT2D eigenvalue weighted by Crippen LogP contribution is 2.33. The minimum absolute atomic E-state index is 0.205. The van der Waals surface area contributed by atoms with Crippen LogP contribution < -0.4 is 14.2 Å². The van der Waals surface area contributed by atoms with Gasteiger partial charge in [-0.15, -0.1) is 0 Å². The van der Waals surface area contributed by atoms with Crippen molar-refractivity contribution in [3.63, 3.8) is 0 Å². The summed E-state index contributed by atoms with van der Waals surface area (Å²) in [6.45, 7) is 2.32. The van der Waals surface area contributed by atoms with Gasteiger partial charge in [-0.3, -0.25) is 9.48 Å². The smallest absolute Gasteiger partial charge is 0.290 e. The summed E-state index contributed by atoms with van der Waals surface area (Å²) < 4.78 is 20.7. The minimum atomic E-state index is -0.250. The highest BCUT2D eigenvalue weighted by atomic mass is 16.5. The van der Waals surface area contributed by atoms with Gasteiger partial charge in [0.15, 0.2) is 17.1 Å². The van der Waals surface area contributed by atoms with E-state index in [-0.39, 0.29) is 12.6 Å². The molecule has 0 spiro atoms. The van der Waals surface area contributed by atoms with Crippen molar-refractivity contribution < 1.29 is 24.1 Å². The van der Waals surface area contributed by atoms with Crippen molar-refractivity contribution in [1.29, 1.82) is 0 Å². The van der Waals surface area contributed by atoms with Crippen LogP contribution in [0.5, 0.6) is 17.4 Å². The van der Waals surface area contributed by atoms with E-state index in [1.54, 1.807) is 31.4 Å². The van der Waals surface area contributed by atoms with Crippen molar-refractivity contribution in [2.75, 3.05) is 14.2 Å². The van der Waals surface area contributed by atoms with E-state index >= 15 is 0 Å². The van der Waals surface area contributed by atoms with Gasteiger partial charge in [0.25, 0.3) is 6.47 Å². The lowest BCUT2D eigenvalue weighted by molar-refractivity contribution is -0.122. The second-order valence-electron chi connectivity index (χ2n) is 8.33. The number of carboxylic acid groups (broad SMARTS) is 1. The van der Waals surface area contributed by atoms with Crippen molar-refractivity contribution in [2.45, 2.75) is 19.6 Å². The molecule has 38 heavy (non-hydrogen) atoms. The first-order valence-corrected chi connectivity index (χ1v) is 11.7. The van der Waals surface area contributed by atoms with Crippen LogP contribution in [0.4, 0.5) is 0 Å². The predicted molar refractivity (Wildman–Crippen MR) is 140 cm³/mol. The van der Waals surface area contributed by atoms with Gasteiger partial charge in [-0.1, -0.05) is 6.07 Å². The zero-order valence-electron chi connectivity index (χ0n) is 21.5. The molecule has 11 nitrogen and oxygen atoms in total. The summed E-state index contributed by atoms with van der Waals surface area (Å²) in [6.07, 6.45) is 8.99. The van der Waals surface area contributed by atoms with Gasteiger partial charge < -0.3 is 23.9 Å². The molecule has 4 heterocycles. The molecular formula is C27H28N6O5. The van der Waals surface area contributed by atoms with E-state index in [4.69, 9.17) is 24.1 Å². The van der Waals surface area contributed by atoms with Gasteiger partial charge in [0.2, 0.25) is 5.88 Å². The lowest BCUT2D eigenvalue weighted by Gasteiger charge is -2.18. The molecule has 196 valence electrons. The molecule has 1 N–H and O–H groups in total. The Morgan fingerprint density at radius 3 is 2.45 bits per heavy atom. The fraction of sp³-hybridized carbons (Fsp3) is 0.222. The topological polar surface area (TPSA) is 126 Å². The van der Waals surface area contributed by atoms with Crippen molar-refractivity contribution in [3.05, 3.63) is 78.6 Å². The first-order valence-electron chi connectivity index (χ1n) is 11.7. The van der Waals surface area contributed by atoms with Crippen LogP contribution in [0.25, 0.3) is 22.3 Å². The zero-order chi connectivity index (χ0) is 27.1. The van der Waals surface area contributed by atoms with Crippen molar-refractivity contribution in [1.82, 2.24) is 29.3 Å². The molecule has 0 saturated heterocycles. The van der Waals surface area contributed by atoms with E-state index in [0.29, 0.717) is 23.9 Å². The van der Waals surface area contributed by atoms with Crippen LogP contribution in [0, 0.1) is 0 Å². The predicted octanol–water partition coefficient (Wildman–Crippen LogP) is 4.13. The van der Waals surface area contributed by atoms with Gasteiger partial charge in [-0.25, -0.2) is 15.0 Å². The monoisotopic (exact) mass is 516 g/mol. The van der Waals surface area contributed by atoms with E-state index < -0.39 is 0 Å². The Hall–Kier alpha value is -4.93. The minimum Gasteiger partial charge on any atom is -0.493 e. The summed E-state index contributed by atoms with van der Waals surface area (Å²) in [5.41, 5.74) is 5.64. The Balaban J connectivity index is 0.00000107. The van der Waals surface area contributed by atoms with Crippen LogP contribution in [-0.4, -0.2) is 55.1 Å². The molecular weight excluding hydrogens is 488 g/mol. The van der Waals surface area contributed by atoms with Crippen LogP contribution in [0.15, 0.2) is 67.5 Å². The molecule has 0 aliphatic carbocycles. The molecule has 0 radical (unpaired) electrons. The first kappa shape index (κ1) is 26.1. The standard InChI is InChI=1S/C26H26N6O3.CH2O2/c1-17(19-6-8-25(34-4)27-11-19)35-23-7-5-18(9-24(23)33-3)14-32-16-29-22-10-20(12-28-26(22)32)21-13-30-31(2)15-21;2-1-3/h5-13,15-17H,14H2,1-4H3;1H,(H,2,3). The largest absolute Gasteiger partial charge is 0.493 e. The van der Waals surface area contributed by atoms with Gasteiger partial charge in [-0.05, 0) is 36.8 Å². The van der Waals surface area contributed by atoms with E-state index in [2.05, 4.69) is 20.1 Å². The fourth-order valence-corrected chi connectivity index (χ4v) is 3.91. The van der Waals surface area contributed by atoms with E-state index in [1.165, 1.54) is 0 Å². The van der Waals surface area contributed by atoms with E-state index in [1.807, 2.05) is 73.5 Å². The summed E-state index contributed by atoms with van der Waals surface area (Å²) in [7, 11) is 5.13. The van der Waals surface area contributed by atoms with Crippen molar-refractivity contribution in [3.8, 4) is 28.5 Å². The molecule has 0 aliphatic rings. The van der Waals surface area contributed by atoms with Gasteiger partial charge in [0.1, 0.15) is 11.6 Å². The number of hydrogen-bond donors (Lipinski definition) is 1. The van der Waals surface area contributed by atoms with Crippen molar-refractivity contribution in [2.24, 2.45) is 7.05 Å². The van der Waals surface area contributed by atoms with E-state index in [0.717, 1.165) is 33.4 Å². The van der Waals surface area contributed by atoms with E-state index in [9.17, 15) is 0 Å². The number of nitrogens with zero attached hydrogens (tertiary/aromatic N) is 6. The van der Waals surface area contributed by atoms with Crippen molar-refractivity contribution >= 4 is 17.6 Å². The molecule has 5 aromatic rings. The molecule has 11 heteroatoms.